The molecular formula is C10H11BrN4O. The molecule has 0 aromatic carbocycles. The first-order valence-electron chi connectivity index (χ1n) is 4.79. The van der Waals surface area contributed by atoms with Gasteiger partial charge in [-0.3, -0.25) is 4.98 Å². The highest BCUT2D eigenvalue weighted by molar-refractivity contribution is 9.10. The maximum Gasteiger partial charge on any atom is 0.165 e. The molecule has 0 spiro atoms. The van der Waals surface area contributed by atoms with Gasteiger partial charge in [0.1, 0.15) is 6.33 Å². The molecule has 5 nitrogen and oxygen atoms in total. The molecule has 0 radical (unpaired) electrons. The summed E-state index contributed by atoms with van der Waals surface area (Å²) in [5.41, 5.74) is 0.933. The molecule has 2 aromatic heterocycles. The van der Waals surface area contributed by atoms with Crippen LogP contribution in [0.5, 0.6) is 0 Å². The van der Waals surface area contributed by atoms with Crippen molar-refractivity contribution in [2.75, 3.05) is 13.7 Å². The second kappa shape index (κ2) is 5.18. The molecule has 84 valence electrons. The van der Waals surface area contributed by atoms with E-state index in [4.69, 9.17) is 4.74 Å². The quantitative estimate of drug-likeness (QED) is 0.857. The van der Waals surface area contributed by atoms with E-state index in [1.165, 1.54) is 0 Å². The Morgan fingerprint density at radius 2 is 2.31 bits per heavy atom. The molecule has 2 rings (SSSR count). The largest absolute Gasteiger partial charge is 0.383 e. The number of ether oxygens (including phenoxy) is 1. The van der Waals surface area contributed by atoms with Gasteiger partial charge in [-0.15, -0.1) is 10.2 Å². The normalized spacial score (nSPS) is 10.6. The number of aromatic nitrogens is 4. The van der Waals surface area contributed by atoms with Crippen molar-refractivity contribution < 1.29 is 4.74 Å². The number of nitrogens with zero attached hydrogens (tertiary/aromatic N) is 4. The van der Waals surface area contributed by atoms with Crippen LogP contribution in [0.15, 0.2) is 29.3 Å². The van der Waals surface area contributed by atoms with E-state index in [1.807, 2.05) is 10.6 Å². The number of rotatable bonds is 4. The van der Waals surface area contributed by atoms with Crippen molar-refractivity contribution in [2.24, 2.45) is 0 Å². The second-order valence-corrected chi connectivity index (χ2v) is 4.15. The van der Waals surface area contributed by atoms with Crippen molar-refractivity contribution in [3.05, 3.63) is 29.3 Å². The highest BCUT2D eigenvalue weighted by Crippen LogP contribution is 2.19. The highest BCUT2D eigenvalue weighted by atomic mass is 79.9. The summed E-state index contributed by atoms with van der Waals surface area (Å²) in [6.45, 7) is 1.36. The van der Waals surface area contributed by atoms with Gasteiger partial charge in [0.25, 0.3) is 0 Å². The van der Waals surface area contributed by atoms with Crippen molar-refractivity contribution in [3.63, 3.8) is 0 Å². The van der Waals surface area contributed by atoms with Crippen molar-refractivity contribution >= 4 is 15.9 Å². The Bertz CT molecular complexity index is 471. The fourth-order valence-electron chi connectivity index (χ4n) is 1.37. The van der Waals surface area contributed by atoms with E-state index in [-0.39, 0.29) is 0 Å². The SMILES string of the molecule is COCCn1cnnc1-c1cncc(Br)c1. The van der Waals surface area contributed by atoms with Gasteiger partial charge in [-0.25, -0.2) is 0 Å². The van der Waals surface area contributed by atoms with Gasteiger partial charge in [0, 0.05) is 36.1 Å². The Labute approximate surface area is 102 Å². The topological polar surface area (TPSA) is 52.8 Å². The van der Waals surface area contributed by atoms with Gasteiger partial charge in [0.05, 0.1) is 6.61 Å². The lowest BCUT2D eigenvalue weighted by Gasteiger charge is -2.05. The average Bonchev–Trinajstić information content (AvgIpc) is 2.74. The average molecular weight is 283 g/mol. The van der Waals surface area contributed by atoms with Gasteiger partial charge in [-0.1, -0.05) is 0 Å². The first kappa shape index (κ1) is 11.2. The van der Waals surface area contributed by atoms with Crippen LogP contribution in [0.3, 0.4) is 0 Å². The summed E-state index contributed by atoms with van der Waals surface area (Å²) in [5.74, 6) is 0.797. The summed E-state index contributed by atoms with van der Waals surface area (Å²) in [5, 5.41) is 7.97. The minimum atomic E-state index is 0.631. The fraction of sp³-hybridized carbons (Fsp3) is 0.300. The van der Waals surface area contributed by atoms with Gasteiger partial charge < -0.3 is 9.30 Å². The van der Waals surface area contributed by atoms with Crippen LogP contribution in [0.4, 0.5) is 0 Å². The molecule has 2 aromatic rings. The van der Waals surface area contributed by atoms with E-state index in [2.05, 4.69) is 31.1 Å². The first-order valence-corrected chi connectivity index (χ1v) is 5.58. The molecule has 2 heterocycles. The van der Waals surface area contributed by atoms with Crippen LogP contribution in [0.1, 0.15) is 0 Å². The van der Waals surface area contributed by atoms with E-state index < -0.39 is 0 Å². The Hall–Kier alpha value is -1.27. The summed E-state index contributed by atoms with van der Waals surface area (Å²) in [6, 6.07) is 1.96. The maximum absolute atomic E-state index is 5.03. The lowest BCUT2D eigenvalue weighted by molar-refractivity contribution is 0.187. The van der Waals surface area contributed by atoms with Crippen LogP contribution in [0, 0.1) is 0 Å². The number of methoxy groups -OCH3 is 1. The first-order chi connectivity index (χ1) is 7.81. The van der Waals surface area contributed by atoms with Gasteiger partial charge in [0.15, 0.2) is 5.82 Å². The van der Waals surface area contributed by atoms with Crippen molar-refractivity contribution in [2.45, 2.75) is 6.54 Å². The molecule has 0 saturated carbocycles. The monoisotopic (exact) mass is 282 g/mol. The zero-order valence-electron chi connectivity index (χ0n) is 8.80. The number of halogens is 1. The van der Waals surface area contributed by atoms with Crippen molar-refractivity contribution in [3.8, 4) is 11.4 Å². The third kappa shape index (κ3) is 2.45. The second-order valence-electron chi connectivity index (χ2n) is 3.23. The minimum Gasteiger partial charge on any atom is -0.383 e. The number of hydrogen-bond donors (Lipinski definition) is 0. The summed E-state index contributed by atoms with van der Waals surface area (Å²) in [4.78, 5) is 4.10. The van der Waals surface area contributed by atoms with Gasteiger partial charge in [0.2, 0.25) is 0 Å². The Kier molecular flexibility index (Phi) is 3.63. The third-order valence-corrected chi connectivity index (χ3v) is 2.55. The van der Waals surface area contributed by atoms with Crippen LogP contribution in [0.2, 0.25) is 0 Å². The van der Waals surface area contributed by atoms with Crippen LogP contribution in [-0.2, 0) is 11.3 Å². The minimum absolute atomic E-state index is 0.631. The third-order valence-electron chi connectivity index (χ3n) is 2.11. The van der Waals surface area contributed by atoms with E-state index in [0.717, 1.165) is 22.4 Å². The molecule has 0 atom stereocenters. The van der Waals surface area contributed by atoms with Gasteiger partial charge in [-0.2, -0.15) is 0 Å². The Morgan fingerprint density at radius 3 is 3.06 bits per heavy atom. The number of pyridine rings is 1. The lowest BCUT2D eigenvalue weighted by Crippen LogP contribution is -2.05. The molecular weight excluding hydrogens is 272 g/mol. The maximum atomic E-state index is 5.03. The van der Waals surface area contributed by atoms with Crippen molar-refractivity contribution in [1.82, 2.24) is 19.7 Å². The van der Waals surface area contributed by atoms with E-state index in [0.29, 0.717) is 6.61 Å². The molecule has 0 aliphatic rings. The van der Waals surface area contributed by atoms with E-state index in [9.17, 15) is 0 Å². The van der Waals surface area contributed by atoms with Crippen LogP contribution in [-0.4, -0.2) is 33.5 Å². The standard InChI is InChI=1S/C10H11BrN4O/c1-16-3-2-15-7-13-14-10(15)8-4-9(11)6-12-5-8/h4-7H,2-3H2,1H3. The lowest BCUT2D eigenvalue weighted by atomic mass is 10.3. The Balaban J connectivity index is 2.29. The van der Waals surface area contributed by atoms with Crippen LogP contribution in [0.25, 0.3) is 11.4 Å². The molecule has 0 saturated heterocycles. The summed E-state index contributed by atoms with van der Waals surface area (Å²) in [6.07, 6.45) is 5.19. The molecule has 6 heteroatoms. The number of hydrogen-bond acceptors (Lipinski definition) is 4. The molecule has 0 N–H and O–H groups in total. The molecule has 0 bridgehead atoms. The van der Waals surface area contributed by atoms with E-state index in [1.54, 1.807) is 25.8 Å². The molecule has 0 aliphatic heterocycles. The highest BCUT2D eigenvalue weighted by Gasteiger charge is 2.07. The van der Waals surface area contributed by atoms with Crippen LogP contribution >= 0.6 is 15.9 Å². The molecule has 0 amide bonds. The zero-order valence-corrected chi connectivity index (χ0v) is 10.4. The predicted molar refractivity (Wildman–Crippen MR) is 62.8 cm³/mol. The molecule has 0 aliphatic carbocycles. The smallest absolute Gasteiger partial charge is 0.165 e. The molecule has 0 unspecified atom stereocenters. The van der Waals surface area contributed by atoms with Gasteiger partial charge in [-0.05, 0) is 22.0 Å². The predicted octanol–water partition coefficient (Wildman–Crippen LogP) is 1.75. The molecule has 16 heavy (non-hydrogen) atoms. The summed E-state index contributed by atoms with van der Waals surface area (Å²) >= 11 is 3.38. The zero-order chi connectivity index (χ0) is 11.4. The Morgan fingerprint density at radius 1 is 1.44 bits per heavy atom. The van der Waals surface area contributed by atoms with Crippen LogP contribution < -0.4 is 0 Å². The summed E-state index contributed by atoms with van der Waals surface area (Å²) in [7, 11) is 1.67. The van der Waals surface area contributed by atoms with E-state index >= 15 is 0 Å². The molecule has 0 fully saturated rings. The van der Waals surface area contributed by atoms with Gasteiger partial charge >= 0.3 is 0 Å². The summed E-state index contributed by atoms with van der Waals surface area (Å²) < 4.78 is 7.89. The fourth-order valence-corrected chi connectivity index (χ4v) is 1.73. The van der Waals surface area contributed by atoms with Crippen molar-refractivity contribution in [1.29, 1.82) is 0 Å².